The first-order chi connectivity index (χ1) is 11.7. The molecule has 0 saturated heterocycles. The zero-order chi connectivity index (χ0) is 16.7. The highest BCUT2D eigenvalue weighted by Crippen LogP contribution is 2.36. The van der Waals surface area contributed by atoms with Crippen LogP contribution in [0.3, 0.4) is 0 Å². The quantitative estimate of drug-likeness (QED) is 0.558. The van der Waals surface area contributed by atoms with E-state index < -0.39 is 0 Å². The standard InChI is InChI=1S/C19H17N3O2/c1-12-20-18(22(2)13-8-10-14(23-3)11-9-13)17-15-6-4-5-7-16(15)24-19(17)21-12/h4-11H,1-3H3. The lowest BCUT2D eigenvalue weighted by Crippen LogP contribution is -2.12. The summed E-state index contributed by atoms with van der Waals surface area (Å²) < 4.78 is 11.1. The van der Waals surface area contributed by atoms with Gasteiger partial charge in [0.25, 0.3) is 0 Å². The van der Waals surface area contributed by atoms with Crippen LogP contribution in [0.15, 0.2) is 52.9 Å². The fourth-order valence-corrected chi connectivity index (χ4v) is 2.88. The lowest BCUT2D eigenvalue weighted by molar-refractivity contribution is 0.415. The minimum atomic E-state index is 0.610. The van der Waals surface area contributed by atoms with Crippen LogP contribution in [0.2, 0.25) is 0 Å². The van der Waals surface area contributed by atoms with E-state index in [0.717, 1.165) is 33.6 Å². The van der Waals surface area contributed by atoms with E-state index in [9.17, 15) is 0 Å². The zero-order valence-corrected chi connectivity index (χ0v) is 13.8. The zero-order valence-electron chi connectivity index (χ0n) is 13.8. The summed E-state index contributed by atoms with van der Waals surface area (Å²) in [5.41, 5.74) is 2.44. The van der Waals surface area contributed by atoms with Gasteiger partial charge in [-0.3, -0.25) is 0 Å². The highest BCUT2D eigenvalue weighted by Gasteiger charge is 2.18. The Balaban J connectivity index is 1.93. The van der Waals surface area contributed by atoms with Crippen LogP contribution in [0.25, 0.3) is 22.1 Å². The molecule has 0 atom stereocenters. The number of fused-ring (bicyclic) bond motifs is 3. The minimum absolute atomic E-state index is 0.610. The smallest absolute Gasteiger partial charge is 0.232 e. The molecule has 0 bridgehead atoms. The first-order valence-corrected chi connectivity index (χ1v) is 7.71. The number of aromatic nitrogens is 2. The summed E-state index contributed by atoms with van der Waals surface area (Å²) in [6, 6.07) is 15.8. The van der Waals surface area contributed by atoms with E-state index in [4.69, 9.17) is 9.15 Å². The molecule has 0 unspecified atom stereocenters. The molecule has 0 spiro atoms. The molecule has 2 heterocycles. The third-order valence-electron chi connectivity index (χ3n) is 4.11. The second-order valence-electron chi connectivity index (χ2n) is 5.63. The molecule has 5 heteroatoms. The second-order valence-corrected chi connectivity index (χ2v) is 5.63. The molecule has 0 amide bonds. The largest absolute Gasteiger partial charge is 0.497 e. The topological polar surface area (TPSA) is 51.4 Å². The van der Waals surface area contributed by atoms with Gasteiger partial charge in [-0.15, -0.1) is 0 Å². The van der Waals surface area contributed by atoms with Gasteiger partial charge in [-0.05, 0) is 37.3 Å². The molecule has 2 aromatic heterocycles. The fourth-order valence-electron chi connectivity index (χ4n) is 2.88. The lowest BCUT2D eigenvalue weighted by atomic mass is 10.2. The van der Waals surface area contributed by atoms with Crippen molar-refractivity contribution in [2.75, 3.05) is 19.1 Å². The van der Waals surface area contributed by atoms with Gasteiger partial charge in [0.2, 0.25) is 5.71 Å². The van der Waals surface area contributed by atoms with Crippen LogP contribution in [0.1, 0.15) is 5.82 Å². The number of nitrogens with zero attached hydrogens (tertiary/aromatic N) is 3. The van der Waals surface area contributed by atoms with Gasteiger partial charge < -0.3 is 14.1 Å². The Morgan fingerprint density at radius 3 is 2.50 bits per heavy atom. The number of ether oxygens (including phenoxy) is 1. The van der Waals surface area contributed by atoms with Gasteiger partial charge in [0.1, 0.15) is 23.0 Å². The fraction of sp³-hybridized carbons (Fsp3) is 0.158. The number of furan rings is 1. The SMILES string of the molecule is COc1ccc(N(C)c2nc(C)nc3oc4ccccc4c23)cc1. The summed E-state index contributed by atoms with van der Waals surface area (Å²) in [6.07, 6.45) is 0. The van der Waals surface area contributed by atoms with Crippen molar-refractivity contribution in [3.05, 3.63) is 54.4 Å². The van der Waals surface area contributed by atoms with Crippen molar-refractivity contribution in [1.29, 1.82) is 0 Å². The molecular weight excluding hydrogens is 302 g/mol. The summed E-state index contributed by atoms with van der Waals surface area (Å²) in [6.45, 7) is 1.87. The molecule has 0 saturated carbocycles. The molecular formula is C19H17N3O2. The van der Waals surface area contributed by atoms with Crippen LogP contribution in [0.4, 0.5) is 11.5 Å². The van der Waals surface area contributed by atoms with Crippen LogP contribution < -0.4 is 9.64 Å². The maximum Gasteiger partial charge on any atom is 0.232 e. The van der Waals surface area contributed by atoms with Crippen LogP contribution in [-0.4, -0.2) is 24.1 Å². The van der Waals surface area contributed by atoms with Gasteiger partial charge >= 0.3 is 0 Å². The maximum absolute atomic E-state index is 5.90. The number of hydrogen-bond acceptors (Lipinski definition) is 5. The molecule has 2 aromatic carbocycles. The molecule has 4 rings (SSSR count). The third kappa shape index (κ3) is 2.25. The Kier molecular flexibility index (Phi) is 3.34. The number of para-hydroxylation sites is 1. The Hall–Kier alpha value is -3.08. The Morgan fingerprint density at radius 1 is 1.00 bits per heavy atom. The van der Waals surface area contributed by atoms with E-state index >= 15 is 0 Å². The van der Waals surface area contributed by atoms with Gasteiger partial charge in [-0.2, -0.15) is 4.98 Å². The molecule has 0 aliphatic carbocycles. The van der Waals surface area contributed by atoms with Crippen molar-refractivity contribution < 1.29 is 9.15 Å². The first-order valence-electron chi connectivity index (χ1n) is 7.71. The Labute approximate surface area is 139 Å². The third-order valence-corrected chi connectivity index (χ3v) is 4.11. The predicted molar refractivity (Wildman–Crippen MR) is 95.1 cm³/mol. The van der Waals surface area contributed by atoms with E-state index in [1.165, 1.54) is 0 Å². The van der Waals surface area contributed by atoms with Gasteiger partial charge in [0.15, 0.2) is 0 Å². The lowest BCUT2D eigenvalue weighted by Gasteiger charge is -2.19. The monoisotopic (exact) mass is 319 g/mol. The van der Waals surface area contributed by atoms with E-state index in [1.807, 2.05) is 67.4 Å². The number of methoxy groups -OCH3 is 1. The molecule has 0 aliphatic rings. The van der Waals surface area contributed by atoms with Crippen molar-refractivity contribution in [3.63, 3.8) is 0 Å². The van der Waals surface area contributed by atoms with Crippen molar-refractivity contribution >= 4 is 33.6 Å². The summed E-state index contributed by atoms with van der Waals surface area (Å²) in [7, 11) is 3.65. The highest BCUT2D eigenvalue weighted by molar-refractivity contribution is 6.09. The number of aryl methyl sites for hydroxylation is 1. The second kappa shape index (κ2) is 5.53. The average molecular weight is 319 g/mol. The number of benzene rings is 2. The van der Waals surface area contributed by atoms with Crippen molar-refractivity contribution in [2.24, 2.45) is 0 Å². The molecule has 0 fully saturated rings. The van der Waals surface area contributed by atoms with Gasteiger partial charge in [0, 0.05) is 18.1 Å². The van der Waals surface area contributed by atoms with E-state index in [1.54, 1.807) is 7.11 Å². The van der Waals surface area contributed by atoms with Crippen molar-refractivity contribution in [1.82, 2.24) is 9.97 Å². The van der Waals surface area contributed by atoms with Crippen molar-refractivity contribution in [3.8, 4) is 5.75 Å². The van der Waals surface area contributed by atoms with E-state index in [0.29, 0.717) is 11.5 Å². The predicted octanol–water partition coefficient (Wildman–Crippen LogP) is 4.46. The molecule has 4 aromatic rings. The number of hydrogen-bond donors (Lipinski definition) is 0. The summed E-state index contributed by atoms with van der Waals surface area (Å²) in [5, 5.41) is 1.94. The van der Waals surface area contributed by atoms with Crippen LogP contribution >= 0.6 is 0 Å². The summed E-state index contributed by atoms with van der Waals surface area (Å²) >= 11 is 0. The van der Waals surface area contributed by atoms with Gasteiger partial charge in [-0.25, -0.2) is 4.98 Å². The number of anilines is 2. The molecule has 24 heavy (non-hydrogen) atoms. The van der Waals surface area contributed by atoms with E-state index in [-0.39, 0.29) is 0 Å². The molecule has 0 aliphatic heterocycles. The number of rotatable bonds is 3. The average Bonchev–Trinajstić information content (AvgIpc) is 2.98. The Bertz CT molecular complexity index is 1020. The minimum Gasteiger partial charge on any atom is -0.497 e. The summed E-state index contributed by atoms with van der Waals surface area (Å²) in [4.78, 5) is 11.2. The Morgan fingerprint density at radius 2 is 1.75 bits per heavy atom. The molecule has 0 N–H and O–H groups in total. The maximum atomic E-state index is 5.90. The highest BCUT2D eigenvalue weighted by atomic mass is 16.5. The van der Waals surface area contributed by atoms with E-state index in [2.05, 4.69) is 9.97 Å². The van der Waals surface area contributed by atoms with Crippen LogP contribution in [0.5, 0.6) is 5.75 Å². The van der Waals surface area contributed by atoms with Gasteiger partial charge in [0.05, 0.1) is 12.5 Å². The van der Waals surface area contributed by atoms with Crippen LogP contribution in [0, 0.1) is 6.92 Å². The first kappa shape index (κ1) is 14.5. The van der Waals surface area contributed by atoms with Crippen LogP contribution in [-0.2, 0) is 0 Å². The summed E-state index contributed by atoms with van der Waals surface area (Å²) in [5.74, 6) is 2.33. The molecule has 5 nitrogen and oxygen atoms in total. The van der Waals surface area contributed by atoms with Gasteiger partial charge in [-0.1, -0.05) is 18.2 Å². The molecule has 120 valence electrons. The normalized spacial score (nSPS) is 11.1. The molecule has 0 radical (unpaired) electrons. The van der Waals surface area contributed by atoms with Crippen molar-refractivity contribution in [2.45, 2.75) is 6.92 Å².